The van der Waals surface area contributed by atoms with Crippen LogP contribution in [0.15, 0.2) is 18.7 Å². The molecule has 1 rings (SSSR count). The molecular weight excluding hydrogens is 256 g/mol. The van der Waals surface area contributed by atoms with Crippen molar-refractivity contribution in [3.63, 3.8) is 0 Å². The second-order valence-corrected chi connectivity index (χ2v) is 5.27. The molecule has 0 bridgehead atoms. The van der Waals surface area contributed by atoms with Crippen LogP contribution in [0.1, 0.15) is 29.2 Å². The Morgan fingerprint density at radius 2 is 2.00 bits per heavy atom. The lowest BCUT2D eigenvalue weighted by molar-refractivity contribution is -0.136. The molecule has 0 saturated carbocycles. The number of benzene rings is 1. The summed E-state index contributed by atoms with van der Waals surface area (Å²) in [5.41, 5.74) is 2.62. The molecule has 110 valence electrons. The van der Waals surface area contributed by atoms with Crippen molar-refractivity contribution >= 4 is 5.97 Å². The van der Waals surface area contributed by atoms with Crippen LogP contribution in [-0.4, -0.2) is 28.4 Å². The molecule has 0 aliphatic carbocycles. The quantitative estimate of drug-likeness (QED) is 0.785. The normalized spacial score (nSPS) is 13.7. The van der Waals surface area contributed by atoms with Gasteiger partial charge in [0, 0.05) is 0 Å². The largest absolute Gasteiger partial charge is 0.481 e. The molecule has 0 aliphatic heterocycles. The summed E-state index contributed by atoms with van der Waals surface area (Å²) < 4.78 is 5.84. The number of aliphatic hydroxyl groups is 1. The van der Waals surface area contributed by atoms with Crippen LogP contribution in [0.3, 0.4) is 0 Å². The summed E-state index contributed by atoms with van der Waals surface area (Å²) in [5.74, 6) is -0.207. The first-order valence-electron chi connectivity index (χ1n) is 6.49. The van der Waals surface area contributed by atoms with Gasteiger partial charge < -0.3 is 14.9 Å². The molecular formula is C16H22O4. The van der Waals surface area contributed by atoms with E-state index < -0.39 is 11.6 Å². The van der Waals surface area contributed by atoms with E-state index in [4.69, 9.17) is 9.84 Å². The maximum Gasteiger partial charge on any atom is 0.307 e. The van der Waals surface area contributed by atoms with E-state index in [1.54, 1.807) is 13.0 Å². The van der Waals surface area contributed by atoms with Gasteiger partial charge in [-0.25, -0.2) is 0 Å². The third-order valence-electron chi connectivity index (χ3n) is 3.63. The average Bonchev–Trinajstić information content (AvgIpc) is 2.40. The molecule has 4 heteroatoms. The summed E-state index contributed by atoms with van der Waals surface area (Å²) in [4.78, 5) is 10.9. The van der Waals surface area contributed by atoms with Crippen LogP contribution >= 0.6 is 0 Å². The Morgan fingerprint density at radius 3 is 2.45 bits per heavy atom. The van der Waals surface area contributed by atoms with Gasteiger partial charge in [-0.05, 0) is 62.1 Å². The first-order valence-corrected chi connectivity index (χ1v) is 6.49. The smallest absolute Gasteiger partial charge is 0.307 e. The van der Waals surface area contributed by atoms with Crippen LogP contribution in [0.2, 0.25) is 0 Å². The second-order valence-electron chi connectivity index (χ2n) is 5.27. The highest BCUT2D eigenvalue weighted by Gasteiger charge is 2.23. The van der Waals surface area contributed by atoms with Gasteiger partial charge in [0.05, 0.1) is 13.0 Å². The lowest BCUT2D eigenvalue weighted by Gasteiger charge is -2.27. The number of aryl methyl sites for hydroxylation is 1. The molecule has 2 N–H and O–H groups in total. The molecule has 0 saturated heterocycles. The molecule has 4 nitrogen and oxygen atoms in total. The van der Waals surface area contributed by atoms with Crippen molar-refractivity contribution in [2.24, 2.45) is 0 Å². The summed E-state index contributed by atoms with van der Waals surface area (Å²) in [7, 11) is 0. The van der Waals surface area contributed by atoms with E-state index in [-0.39, 0.29) is 13.0 Å². The minimum absolute atomic E-state index is 0.00247. The van der Waals surface area contributed by atoms with E-state index in [1.807, 2.05) is 26.8 Å². The highest BCUT2D eigenvalue weighted by Crippen LogP contribution is 2.30. The molecule has 1 aromatic carbocycles. The minimum Gasteiger partial charge on any atom is -0.481 e. The van der Waals surface area contributed by atoms with Crippen LogP contribution < -0.4 is 4.74 Å². The van der Waals surface area contributed by atoms with Crippen molar-refractivity contribution < 1.29 is 19.7 Å². The first-order chi connectivity index (χ1) is 9.24. The van der Waals surface area contributed by atoms with Gasteiger partial charge in [0.25, 0.3) is 0 Å². The van der Waals surface area contributed by atoms with Crippen LogP contribution in [-0.2, 0) is 11.2 Å². The van der Waals surface area contributed by atoms with Gasteiger partial charge >= 0.3 is 5.97 Å². The molecule has 0 spiro atoms. The maximum absolute atomic E-state index is 10.9. The predicted molar refractivity (Wildman–Crippen MR) is 78.3 cm³/mol. The fraction of sp³-hybridized carbons (Fsp3) is 0.438. The number of ether oxygens (including phenoxy) is 1. The highest BCUT2D eigenvalue weighted by molar-refractivity contribution is 5.72. The van der Waals surface area contributed by atoms with Crippen LogP contribution in [0, 0.1) is 20.8 Å². The molecule has 0 radical (unpaired) electrons. The highest BCUT2D eigenvalue weighted by atomic mass is 16.5. The predicted octanol–water partition coefficient (Wildman–Crippen LogP) is 2.55. The number of carbonyl (C=O) groups is 1. The molecule has 0 aliphatic rings. The van der Waals surface area contributed by atoms with Gasteiger partial charge in [-0.15, -0.1) is 0 Å². The van der Waals surface area contributed by atoms with Gasteiger partial charge in [-0.2, -0.15) is 0 Å². The van der Waals surface area contributed by atoms with E-state index in [1.165, 1.54) is 0 Å². The molecule has 1 aromatic rings. The number of carboxylic acid groups (broad SMARTS) is 1. The van der Waals surface area contributed by atoms with Crippen LogP contribution in [0.25, 0.3) is 0 Å². The van der Waals surface area contributed by atoms with E-state index in [2.05, 4.69) is 6.58 Å². The third-order valence-corrected chi connectivity index (χ3v) is 3.63. The molecule has 20 heavy (non-hydrogen) atoms. The molecule has 0 heterocycles. The van der Waals surface area contributed by atoms with E-state index in [9.17, 15) is 9.90 Å². The average molecular weight is 278 g/mol. The molecule has 1 unspecified atom stereocenters. The molecule has 1 atom stereocenters. The van der Waals surface area contributed by atoms with Crippen molar-refractivity contribution in [1.29, 1.82) is 0 Å². The van der Waals surface area contributed by atoms with Gasteiger partial charge in [0.15, 0.2) is 0 Å². The monoisotopic (exact) mass is 278 g/mol. The van der Waals surface area contributed by atoms with Crippen molar-refractivity contribution in [2.75, 3.05) is 6.61 Å². The Hall–Kier alpha value is -1.81. The summed E-state index contributed by atoms with van der Waals surface area (Å²) in [5, 5.41) is 18.3. The number of aliphatic hydroxyl groups excluding tert-OH is 1. The Kier molecular flexibility index (Phi) is 4.95. The van der Waals surface area contributed by atoms with Gasteiger partial charge in [0.2, 0.25) is 0 Å². The maximum atomic E-state index is 10.9. The number of hydrogen-bond acceptors (Lipinski definition) is 3. The minimum atomic E-state index is -0.851. The molecule has 0 amide bonds. The van der Waals surface area contributed by atoms with Crippen molar-refractivity contribution in [3.8, 4) is 5.75 Å². The Labute approximate surface area is 119 Å². The van der Waals surface area contributed by atoms with Crippen molar-refractivity contribution in [3.05, 3.63) is 41.0 Å². The number of rotatable bonds is 6. The fourth-order valence-corrected chi connectivity index (χ4v) is 2.02. The lowest BCUT2D eigenvalue weighted by Crippen LogP contribution is -2.34. The van der Waals surface area contributed by atoms with Crippen molar-refractivity contribution in [1.82, 2.24) is 0 Å². The Balaban J connectivity index is 3.25. The first kappa shape index (κ1) is 16.2. The Morgan fingerprint density at radius 1 is 1.40 bits per heavy atom. The standard InChI is InChI=1S/C16H22O4/c1-6-16(5,9-17)20-14-7-10(2)13(8-15(18)19)11(3)12(14)4/h6-7,17H,1,8-9H2,2-5H3,(H,18,19). The van der Waals surface area contributed by atoms with Crippen LogP contribution in [0.5, 0.6) is 5.75 Å². The number of carboxylic acids is 1. The zero-order valence-corrected chi connectivity index (χ0v) is 12.5. The van der Waals surface area contributed by atoms with E-state index in [0.717, 1.165) is 22.3 Å². The summed E-state index contributed by atoms with van der Waals surface area (Å²) >= 11 is 0. The van der Waals surface area contributed by atoms with Gasteiger partial charge in [0.1, 0.15) is 11.4 Å². The van der Waals surface area contributed by atoms with Gasteiger partial charge in [-0.3, -0.25) is 4.79 Å². The number of hydrogen-bond donors (Lipinski definition) is 2. The zero-order valence-electron chi connectivity index (χ0n) is 12.5. The third kappa shape index (κ3) is 3.39. The summed E-state index contributed by atoms with van der Waals surface area (Å²) in [6, 6.07) is 1.82. The Bertz CT molecular complexity index is 534. The van der Waals surface area contributed by atoms with Gasteiger partial charge in [-0.1, -0.05) is 6.58 Å². The SMILES string of the molecule is C=CC(C)(CO)Oc1cc(C)c(CC(=O)O)c(C)c1C. The van der Waals surface area contributed by atoms with Crippen LogP contribution in [0.4, 0.5) is 0 Å². The fourth-order valence-electron chi connectivity index (χ4n) is 2.02. The van der Waals surface area contributed by atoms with E-state index in [0.29, 0.717) is 5.75 Å². The summed E-state index contributed by atoms with van der Waals surface area (Å²) in [6.07, 6.45) is 1.56. The topological polar surface area (TPSA) is 66.8 Å². The molecule has 0 aromatic heterocycles. The zero-order chi connectivity index (χ0) is 15.5. The molecule has 0 fully saturated rings. The van der Waals surface area contributed by atoms with E-state index >= 15 is 0 Å². The lowest BCUT2D eigenvalue weighted by atomic mass is 9.95. The van der Waals surface area contributed by atoms with Crippen molar-refractivity contribution in [2.45, 2.75) is 39.7 Å². The second kappa shape index (κ2) is 6.09. The number of aliphatic carboxylic acids is 1. The summed E-state index contributed by atoms with van der Waals surface area (Å²) in [6.45, 7) is 10.9.